The van der Waals surface area contributed by atoms with Gasteiger partial charge in [0.15, 0.2) is 11.5 Å². The molecule has 0 bridgehead atoms. The molecule has 1 aliphatic rings. The minimum atomic E-state index is 0.161. The number of hydrogen-bond acceptors (Lipinski definition) is 3. The average Bonchev–Trinajstić information content (AvgIpc) is 3.13. The third-order valence-corrected chi connectivity index (χ3v) is 3.67. The molecule has 0 saturated heterocycles. The summed E-state index contributed by atoms with van der Waals surface area (Å²) < 4.78 is 5.79. The van der Waals surface area contributed by atoms with E-state index in [2.05, 4.69) is 21.2 Å². The fourth-order valence-corrected chi connectivity index (χ4v) is 2.32. The Kier molecular flexibility index (Phi) is 4.29. The standard InChI is InChI=1S/C13H18BrNO2/c1-17-12-7-10(6-11(14)13(12)16)8-15-5-4-9-2-3-9/h6-7,9,15-16H,2-5,8H2,1H3. The van der Waals surface area contributed by atoms with Gasteiger partial charge in [-0.15, -0.1) is 0 Å². The summed E-state index contributed by atoms with van der Waals surface area (Å²) >= 11 is 3.32. The van der Waals surface area contributed by atoms with Gasteiger partial charge in [-0.2, -0.15) is 0 Å². The first-order valence-electron chi connectivity index (χ1n) is 5.97. The highest BCUT2D eigenvalue weighted by atomic mass is 79.9. The van der Waals surface area contributed by atoms with Gasteiger partial charge < -0.3 is 15.2 Å². The summed E-state index contributed by atoms with van der Waals surface area (Å²) in [5.41, 5.74) is 1.11. The van der Waals surface area contributed by atoms with Gasteiger partial charge in [0.25, 0.3) is 0 Å². The maximum absolute atomic E-state index is 9.68. The fraction of sp³-hybridized carbons (Fsp3) is 0.538. The lowest BCUT2D eigenvalue weighted by Gasteiger charge is -2.09. The maximum atomic E-state index is 9.68. The van der Waals surface area contributed by atoms with Crippen molar-refractivity contribution in [3.63, 3.8) is 0 Å². The number of methoxy groups -OCH3 is 1. The number of phenolic OH excluding ortho intramolecular Hbond substituents is 1. The van der Waals surface area contributed by atoms with Gasteiger partial charge >= 0.3 is 0 Å². The first kappa shape index (κ1) is 12.7. The van der Waals surface area contributed by atoms with Crippen LogP contribution >= 0.6 is 15.9 Å². The van der Waals surface area contributed by atoms with Crippen LogP contribution in [-0.2, 0) is 6.54 Å². The molecular weight excluding hydrogens is 282 g/mol. The highest BCUT2D eigenvalue weighted by molar-refractivity contribution is 9.10. The molecule has 0 radical (unpaired) electrons. The normalized spacial score (nSPS) is 14.9. The molecule has 2 N–H and O–H groups in total. The lowest BCUT2D eigenvalue weighted by molar-refractivity contribution is 0.371. The smallest absolute Gasteiger partial charge is 0.172 e. The molecule has 1 saturated carbocycles. The molecular formula is C13H18BrNO2. The van der Waals surface area contributed by atoms with Gasteiger partial charge in [-0.25, -0.2) is 0 Å². The van der Waals surface area contributed by atoms with Crippen LogP contribution in [0.2, 0.25) is 0 Å². The number of aromatic hydroxyl groups is 1. The second-order valence-electron chi connectivity index (χ2n) is 4.54. The number of phenols is 1. The van der Waals surface area contributed by atoms with Crippen LogP contribution in [0, 0.1) is 5.92 Å². The molecule has 2 rings (SSSR count). The minimum absolute atomic E-state index is 0.161. The molecule has 0 heterocycles. The monoisotopic (exact) mass is 299 g/mol. The van der Waals surface area contributed by atoms with E-state index in [9.17, 15) is 5.11 Å². The van der Waals surface area contributed by atoms with Crippen LogP contribution in [0.15, 0.2) is 16.6 Å². The summed E-state index contributed by atoms with van der Waals surface area (Å²) in [6.45, 7) is 1.87. The van der Waals surface area contributed by atoms with E-state index in [0.29, 0.717) is 10.2 Å². The Labute approximate surface area is 110 Å². The van der Waals surface area contributed by atoms with Crippen LogP contribution in [0.5, 0.6) is 11.5 Å². The highest BCUT2D eigenvalue weighted by Crippen LogP contribution is 2.35. The maximum Gasteiger partial charge on any atom is 0.172 e. The predicted octanol–water partition coefficient (Wildman–Crippen LogP) is 3.05. The second-order valence-corrected chi connectivity index (χ2v) is 5.39. The van der Waals surface area contributed by atoms with Crippen molar-refractivity contribution in [1.29, 1.82) is 0 Å². The molecule has 4 heteroatoms. The second kappa shape index (κ2) is 5.74. The zero-order chi connectivity index (χ0) is 12.3. The van der Waals surface area contributed by atoms with Gasteiger partial charge in [-0.1, -0.05) is 12.8 Å². The lowest BCUT2D eigenvalue weighted by atomic mass is 10.2. The van der Waals surface area contributed by atoms with Gasteiger partial charge in [-0.05, 0) is 52.5 Å². The van der Waals surface area contributed by atoms with E-state index < -0.39 is 0 Å². The third-order valence-electron chi connectivity index (χ3n) is 3.06. The Bertz CT molecular complexity index is 391. The van der Waals surface area contributed by atoms with Crippen molar-refractivity contribution in [2.24, 2.45) is 5.92 Å². The summed E-state index contributed by atoms with van der Waals surface area (Å²) in [5, 5.41) is 13.1. The van der Waals surface area contributed by atoms with Crippen molar-refractivity contribution in [1.82, 2.24) is 5.32 Å². The van der Waals surface area contributed by atoms with E-state index in [0.717, 1.165) is 24.6 Å². The zero-order valence-corrected chi connectivity index (χ0v) is 11.6. The number of nitrogens with one attached hydrogen (secondary N) is 1. The van der Waals surface area contributed by atoms with Gasteiger partial charge in [0.2, 0.25) is 0 Å². The summed E-state index contributed by atoms with van der Waals surface area (Å²) in [5.74, 6) is 1.64. The first-order chi connectivity index (χ1) is 8.20. The van der Waals surface area contributed by atoms with Crippen molar-refractivity contribution in [3.8, 4) is 11.5 Å². The van der Waals surface area contributed by atoms with Crippen LogP contribution in [0.3, 0.4) is 0 Å². The molecule has 0 spiro atoms. The number of hydrogen-bond donors (Lipinski definition) is 2. The van der Waals surface area contributed by atoms with E-state index in [1.54, 1.807) is 7.11 Å². The van der Waals surface area contributed by atoms with Crippen molar-refractivity contribution in [2.75, 3.05) is 13.7 Å². The molecule has 1 aliphatic carbocycles. The fourth-order valence-electron chi connectivity index (χ4n) is 1.83. The zero-order valence-electron chi connectivity index (χ0n) is 10.0. The minimum Gasteiger partial charge on any atom is -0.503 e. The summed E-state index contributed by atoms with van der Waals surface area (Å²) in [6.07, 6.45) is 4.08. The molecule has 0 amide bonds. The molecule has 17 heavy (non-hydrogen) atoms. The summed E-state index contributed by atoms with van der Waals surface area (Å²) in [4.78, 5) is 0. The van der Waals surface area contributed by atoms with Gasteiger partial charge in [0, 0.05) is 6.54 Å². The summed E-state index contributed by atoms with van der Waals surface area (Å²) in [6, 6.07) is 3.78. The quantitative estimate of drug-likeness (QED) is 0.793. The SMILES string of the molecule is COc1cc(CNCCC2CC2)cc(Br)c1O. The molecule has 1 aromatic rings. The van der Waals surface area contributed by atoms with Gasteiger partial charge in [0.1, 0.15) is 0 Å². The Balaban J connectivity index is 1.88. The Hall–Kier alpha value is -0.740. The van der Waals surface area contributed by atoms with Gasteiger partial charge in [-0.3, -0.25) is 0 Å². The van der Waals surface area contributed by atoms with Crippen LogP contribution < -0.4 is 10.1 Å². The molecule has 0 aromatic heterocycles. The Morgan fingerprint density at radius 1 is 1.47 bits per heavy atom. The van der Waals surface area contributed by atoms with Crippen molar-refractivity contribution >= 4 is 15.9 Å². The van der Waals surface area contributed by atoms with Crippen molar-refractivity contribution in [3.05, 3.63) is 22.2 Å². The van der Waals surface area contributed by atoms with Crippen LogP contribution in [0.4, 0.5) is 0 Å². The summed E-state index contributed by atoms with van der Waals surface area (Å²) in [7, 11) is 1.56. The van der Waals surface area contributed by atoms with Crippen LogP contribution in [-0.4, -0.2) is 18.8 Å². The predicted molar refractivity (Wildman–Crippen MR) is 71.4 cm³/mol. The Morgan fingerprint density at radius 3 is 2.88 bits per heavy atom. The Morgan fingerprint density at radius 2 is 2.24 bits per heavy atom. The van der Waals surface area contributed by atoms with E-state index >= 15 is 0 Å². The average molecular weight is 300 g/mol. The van der Waals surface area contributed by atoms with E-state index in [-0.39, 0.29) is 5.75 Å². The molecule has 0 atom stereocenters. The van der Waals surface area contributed by atoms with Crippen molar-refractivity contribution < 1.29 is 9.84 Å². The molecule has 94 valence electrons. The molecule has 1 fully saturated rings. The number of rotatable bonds is 6. The topological polar surface area (TPSA) is 41.5 Å². The molecule has 0 unspecified atom stereocenters. The van der Waals surface area contributed by atoms with E-state index in [1.807, 2.05) is 12.1 Å². The van der Waals surface area contributed by atoms with Crippen LogP contribution in [0.1, 0.15) is 24.8 Å². The number of halogens is 1. The van der Waals surface area contributed by atoms with E-state index in [1.165, 1.54) is 19.3 Å². The lowest BCUT2D eigenvalue weighted by Crippen LogP contribution is -2.15. The highest BCUT2D eigenvalue weighted by Gasteiger charge is 2.19. The molecule has 1 aromatic carbocycles. The van der Waals surface area contributed by atoms with E-state index in [4.69, 9.17) is 4.74 Å². The van der Waals surface area contributed by atoms with Crippen molar-refractivity contribution in [2.45, 2.75) is 25.8 Å². The number of ether oxygens (including phenoxy) is 1. The number of benzene rings is 1. The molecule has 0 aliphatic heterocycles. The van der Waals surface area contributed by atoms with Gasteiger partial charge in [0.05, 0.1) is 11.6 Å². The molecule has 3 nitrogen and oxygen atoms in total. The van der Waals surface area contributed by atoms with Crippen LogP contribution in [0.25, 0.3) is 0 Å². The third kappa shape index (κ3) is 3.61. The largest absolute Gasteiger partial charge is 0.503 e. The first-order valence-corrected chi connectivity index (χ1v) is 6.76.